The lowest BCUT2D eigenvalue weighted by Gasteiger charge is -2.15. The molecule has 0 bridgehead atoms. The van der Waals surface area contributed by atoms with Crippen LogP contribution in [0.15, 0.2) is 58.4 Å². The molecule has 164 valence electrons. The van der Waals surface area contributed by atoms with E-state index in [0.29, 0.717) is 30.2 Å². The number of guanidine groups is 1. The fourth-order valence-corrected chi connectivity index (χ4v) is 3.98. The number of methoxy groups -OCH3 is 1. The van der Waals surface area contributed by atoms with Gasteiger partial charge in [-0.3, -0.25) is 4.99 Å². The van der Waals surface area contributed by atoms with Gasteiger partial charge in [-0.2, -0.15) is 8.78 Å². The molecule has 2 N–H and O–H groups in total. The minimum absolute atomic E-state index is 0.0106. The first-order valence-electron chi connectivity index (χ1n) is 9.19. The van der Waals surface area contributed by atoms with E-state index in [2.05, 4.69) is 20.4 Å². The Kier molecular flexibility index (Phi) is 8.85. The lowest BCUT2D eigenvalue weighted by atomic mass is 10.2. The average molecular weight is 442 g/mol. The Morgan fingerprint density at radius 3 is 2.50 bits per heavy atom. The van der Waals surface area contributed by atoms with Gasteiger partial charge >= 0.3 is 6.61 Å². The summed E-state index contributed by atoms with van der Waals surface area (Å²) in [5.74, 6) is 0.923. The summed E-state index contributed by atoms with van der Waals surface area (Å²) >= 11 is 0. The van der Waals surface area contributed by atoms with Crippen molar-refractivity contribution in [2.45, 2.75) is 24.5 Å². The minimum Gasteiger partial charge on any atom is -0.497 e. The highest BCUT2D eigenvalue weighted by atomic mass is 32.2. The Morgan fingerprint density at radius 2 is 1.87 bits per heavy atom. The highest BCUT2D eigenvalue weighted by Crippen LogP contribution is 2.25. The normalized spacial score (nSPS) is 12.0. The van der Waals surface area contributed by atoms with Gasteiger partial charge in [-0.1, -0.05) is 18.2 Å². The van der Waals surface area contributed by atoms with E-state index < -0.39 is 16.4 Å². The molecule has 0 aromatic heterocycles. The van der Waals surface area contributed by atoms with E-state index in [1.807, 2.05) is 0 Å². The van der Waals surface area contributed by atoms with Crippen LogP contribution in [0.5, 0.6) is 11.5 Å². The van der Waals surface area contributed by atoms with Crippen LogP contribution in [0.2, 0.25) is 0 Å². The Balaban J connectivity index is 1.88. The molecule has 2 aromatic carbocycles. The molecule has 0 unspecified atom stereocenters. The van der Waals surface area contributed by atoms with Crippen LogP contribution < -0.4 is 20.1 Å². The van der Waals surface area contributed by atoms with E-state index >= 15 is 0 Å². The summed E-state index contributed by atoms with van der Waals surface area (Å²) in [5.41, 5.74) is 0.462. The molecule has 10 heteroatoms. The summed E-state index contributed by atoms with van der Waals surface area (Å²) < 4.78 is 59.4. The van der Waals surface area contributed by atoms with Crippen molar-refractivity contribution in [3.63, 3.8) is 0 Å². The number of nitrogens with zero attached hydrogens (tertiary/aromatic N) is 1. The van der Waals surface area contributed by atoms with Gasteiger partial charge in [0, 0.05) is 25.7 Å². The van der Waals surface area contributed by atoms with Crippen LogP contribution in [0.1, 0.15) is 12.0 Å². The van der Waals surface area contributed by atoms with Crippen LogP contribution in [0, 0.1) is 0 Å². The molecule has 0 heterocycles. The molecule has 0 radical (unpaired) electrons. The number of hydrogen-bond donors (Lipinski definition) is 2. The molecule has 0 aliphatic carbocycles. The van der Waals surface area contributed by atoms with Gasteiger partial charge in [-0.05, 0) is 36.8 Å². The summed E-state index contributed by atoms with van der Waals surface area (Å²) in [7, 11) is -0.317. The summed E-state index contributed by atoms with van der Waals surface area (Å²) in [6.07, 6.45) is 0.372. The molecule has 0 spiro atoms. The van der Waals surface area contributed by atoms with E-state index in [9.17, 15) is 17.2 Å². The SMILES string of the molecule is CN=C(NCCCS(=O)(=O)c1ccccc1)NCc1cc(OC)ccc1OC(F)F. The molecule has 2 aromatic rings. The van der Waals surface area contributed by atoms with Crippen molar-refractivity contribution in [1.29, 1.82) is 0 Å². The number of rotatable bonds is 10. The number of halogens is 2. The van der Waals surface area contributed by atoms with Crippen molar-refractivity contribution < 1.29 is 26.7 Å². The third-order valence-electron chi connectivity index (χ3n) is 4.14. The maximum Gasteiger partial charge on any atom is 0.387 e. The maximum atomic E-state index is 12.6. The molecule has 0 fully saturated rings. The Morgan fingerprint density at radius 1 is 1.13 bits per heavy atom. The number of aliphatic imine (C=N–C) groups is 1. The fourth-order valence-electron chi connectivity index (χ4n) is 2.65. The molecule has 2 rings (SSSR count). The molecule has 0 saturated heterocycles. The van der Waals surface area contributed by atoms with Crippen molar-refractivity contribution in [3.8, 4) is 11.5 Å². The summed E-state index contributed by atoms with van der Waals surface area (Å²) in [4.78, 5) is 4.34. The van der Waals surface area contributed by atoms with Gasteiger partial charge in [0.15, 0.2) is 15.8 Å². The van der Waals surface area contributed by atoms with Crippen LogP contribution in [-0.2, 0) is 16.4 Å². The average Bonchev–Trinajstić information content (AvgIpc) is 2.74. The maximum absolute atomic E-state index is 12.6. The number of sulfone groups is 1. The first kappa shape index (κ1) is 23.4. The van der Waals surface area contributed by atoms with E-state index in [1.54, 1.807) is 43.4 Å². The Hall–Kier alpha value is -2.88. The van der Waals surface area contributed by atoms with Crippen LogP contribution in [0.25, 0.3) is 0 Å². The second-order valence-corrected chi connectivity index (χ2v) is 8.30. The predicted octanol–water partition coefficient (Wildman–Crippen LogP) is 2.83. The third kappa shape index (κ3) is 7.18. The fraction of sp³-hybridized carbons (Fsp3) is 0.350. The zero-order valence-corrected chi connectivity index (χ0v) is 17.6. The summed E-state index contributed by atoms with van der Waals surface area (Å²) in [5, 5.41) is 6.00. The van der Waals surface area contributed by atoms with Crippen LogP contribution >= 0.6 is 0 Å². The predicted molar refractivity (Wildman–Crippen MR) is 111 cm³/mol. The van der Waals surface area contributed by atoms with Crippen LogP contribution in [0.4, 0.5) is 8.78 Å². The van der Waals surface area contributed by atoms with Crippen molar-refractivity contribution in [2.24, 2.45) is 4.99 Å². The molecule has 0 atom stereocenters. The highest BCUT2D eigenvalue weighted by molar-refractivity contribution is 7.91. The van der Waals surface area contributed by atoms with Gasteiger partial charge in [-0.25, -0.2) is 8.42 Å². The number of hydrogen-bond acceptors (Lipinski definition) is 5. The van der Waals surface area contributed by atoms with Crippen LogP contribution in [-0.4, -0.2) is 47.4 Å². The first-order chi connectivity index (χ1) is 14.4. The molecule has 7 nitrogen and oxygen atoms in total. The molecule has 0 saturated carbocycles. The molecule has 30 heavy (non-hydrogen) atoms. The van der Waals surface area contributed by atoms with E-state index in [1.165, 1.54) is 19.2 Å². The lowest BCUT2D eigenvalue weighted by Crippen LogP contribution is -2.37. The van der Waals surface area contributed by atoms with Gasteiger partial charge in [0.25, 0.3) is 0 Å². The molecular weight excluding hydrogens is 416 g/mol. The second kappa shape index (κ2) is 11.3. The van der Waals surface area contributed by atoms with Gasteiger partial charge in [-0.15, -0.1) is 0 Å². The van der Waals surface area contributed by atoms with Crippen molar-refractivity contribution in [1.82, 2.24) is 10.6 Å². The minimum atomic E-state index is -3.35. The Labute approximate surface area is 175 Å². The summed E-state index contributed by atoms with van der Waals surface area (Å²) in [6, 6.07) is 12.8. The highest BCUT2D eigenvalue weighted by Gasteiger charge is 2.14. The van der Waals surface area contributed by atoms with E-state index in [0.717, 1.165) is 0 Å². The molecule has 0 aliphatic rings. The van der Waals surface area contributed by atoms with Gasteiger partial charge in [0.2, 0.25) is 0 Å². The van der Waals surface area contributed by atoms with Crippen molar-refractivity contribution in [2.75, 3.05) is 26.5 Å². The van der Waals surface area contributed by atoms with Gasteiger partial charge in [0.05, 0.1) is 17.8 Å². The number of nitrogens with one attached hydrogen (secondary N) is 2. The lowest BCUT2D eigenvalue weighted by molar-refractivity contribution is -0.0505. The van der Waals surface area contributed by atoms with E-state index in [4.69, 9.17) is 4.74 Å². The van der Waals surface area contributed by atoms with Gasteiger partial charge in [0.1, 0.15) is 11.5 Å². The quantitative estimate of drug-likeness (QED) is 0.335. The molecular formula is C20H25F2N3O4S. The first-order valence-corrected chi connectivity index (χ1v) is 10.8. The zero-order chi connectivity index (χ0) is 22.0. The topological polar surface area (TPSA) is 89.0 Å². The zero-order valence-electron chi connectivity index (χ0n) is 16.8. The summed E-state index contributed by atoms with van der Waals surface area (Å²) in [6.45, 7) is -2.42. The molecule has 0 aliphatic heterocycles. The standard InChI is InChI=1S/C20H25F2N3O4S/c1-23-20(24-11-6-12-30(26,27)17-7-4-3-5-8-17)25-14-15-13-16(28-2)9-10-18(15)29-19(21)22/h3-5,7-10,13,19H,6,11-12,14H2,1-2H3,(H2,23,24,25). The van der Waals surface area contributed by atoms with Crippen molar-refractivity contribution in [3.05, 3.63) is 54.1 Å². The van der Waals surface area contributed by atoms with Gasteiger partial charge < -0.3 is 20.1 Å². The Bertz CT molecular complexity index is 938. The third-order valence-corrected chi connectivity index (χ3v) is 5.95. The monoisotopic (exact) mass is 441 g/mol. The van der Waals surface area contributed by atoms with Crippen LogP contribution in [0.3, 0.4) is 0 Å². The number of benzene rings is 2. The molecule has 0 amide bonds. The smallest absolute Gasteiger partial charge is 0.387 e. The second-order valence-electron chi connectivity index (χ2n) is 6.19. The largest absolute Gasteiger partial charge is 0.497 e. The van der Waals surface area contributed by atoms with E-state index in [-0.39, 0.29) is 22.9 Å². The van der Waals surface area contributed by atoms with Crippen molar-refractivity contribution >= 4 is 15.8 Å². The number of ether oxygens (including phenoxy) is 2. The number of alkyl halides is 2.